The Morgan fingerprint density at radius 1 is 1.40 bits per heavy atom. The second kappa shape index (κ2) is 6.57. The van der Waals surface area contributed by atoms with Crippen LogP contribution in [-0.2, 0) is 9.53 Å². The number of benzene rings is 1. The van der Waals surface area contributed by atoms with Gasteiger partial charge in [-0.15, -0.1) is 0 Å². The predicted octanol–water partition coefficient (Wildman–Crippen LogP) is 1.73. The van der Waals surface area contributed by atoms with Crippen LogP contribution in [-0.4, -0.2) is 36.6 Å². The molecular formula is C14H15N3O3. The van der Waals surface area contributed by atoms with E-state index in [4.69, 9.17) is 10.00 Å². The highest BCUT2D eigenvalue weighted by atomic mass is 16.6. The fourth-order valence-electron chi connectivity index (χ4n) is 1.91. The SMILES string of the molecule is N#Cc1ccc(NC(=O)CCCN2CCOC2=O)cc1. The van der Waals surface area contributed by atoms with E-state index in [2.05, 4.69) is 5.32 Å². The molecule has 0 aromatic heterocycles. The first kappa shape index (κ1) is 13.9. The van der Waals surface area contributed by atoms with E-state index in [1.165, 1.54) is 0 Å². The Labute approximate surface area is 116 Å². The number of ether oxygens (including phenoxy) is 1. The van der Waals surface area contributed by atoms with Gasteiger partial charge in [0.25, 0.3) is 0 Å². The Kier molecular flexibility index (Phi) is 4.56. The fraction of sp³-hybridized carbons (Fsp3) is 0.357. The third kappa shape index (κ3) is 3.72. The lowest BCUT2D eigenvalue weighted by molar-refractivity contribution is -0.116. The molecule has 1 N–H and O–H groups in total. The Morgan fingerprint density at radius 3 is 2.75 bits per heavy atom. The van der Waals surface area contributed by atoms with Crippen LogP contribution in [0.25, 0.3) is 0 Å². The zero-order chi connectivity index (χ0) is 14.4. The predicted molar refractivity (Wildman–Crippen MR) is 71.9 cm³/mol. The van der Waals surface area contributed by atoms with Crippen molar-refractivity contribution in [1.82, 2.24) is 4.90 Å². The minimum atomic E-state index is -0.308. The lowest BCUT2D eigenvalue weighted by Gasteiger charge is -2.11. The first-order valence-corrected chi connectivity index (χ1v) is 6.41. The largest absolute Gasteiger partial charge is 0.448 e. The van der Waals surface area contributed by atoms with Crippen LogP contribution in [0.4, 0.5) is 10.5 Å². The quantitative estimate of drug-likeness (QED) is 0.885. The second-order valence-corrected chi connectivity index (χ2v) is 4.44. The van der Waals surface area contributed by atoms with E-state index in [-0.39, 0.29) is 12.0 Å². The average Bonchev–Trinajstić information content (AvgIpc) is 2.85. The molecule has 1 aromatic rings. The molecule has 6 nitrogen and oxygen atoms in total. The maximum Gasteiger partial charge on any atom is 0.409 e. The monoisotopic (exact) mass is 273 g/mol. The smallest absolute Gasteiger partial charge is 0.409 e. The number of anilines is 1. The molecule has 0 saturated carbocycles. The summed E-state index contributed by atoms with van der Waals surface area (Å²) in [7, 11) is 0. The van der Waals surface area contributed by atoms with Crippen LogP contribution in [0.3, 0.4) is 0 Å². The van der Waals surface area contributed by atoms with Crippen LogP contribution in [0.5, 0.6) is 0 Å². The number of nitrogens with zero attached hydrogens (tertiary/aromatic N) is 2. The summed E-state index contributed by atoms with van der Waals surface area (Å²) in [5.74, 6) is -0.109. The number of hydrogen-bond donors (Lipinski definition) is 1. The van der Waals surface area contributed by atoms with Gasteiger partial charge in [-0.2, -0.15) is 5.26 Å². The summed E-state index contributed by atoms with van der Waals surface area (Å²) in [6, 6.07) is 8.69. The van der Waals surface area contributed by atoms with Gasteiger partial charge in [0.05, 0.1) is 18.2 Å². The summed E-state index contributed by atoms with van der Waals surface area (Å²) in [5.41, 5.74) is 1.21. The third-order valence-electron chi connectivity index (χ3n) is 2.97. The molecule has 0 radical (unpaired) electrons. The van der Waals surface area contributed by atoms with Gasteiger partial charge in [-0.05, 0) is 30.7 Å². The summed E-state index contributed by atoms with van der Waals surface area (Å²) in [6.45, 7) is 1.55. The van der Waals surface area contributed by atoms with Crippen molar-refractivity contribution in [3.8, 4) is 6.07 Å². The molecule has 1 fully saturated rings. The Morgan fingerprint density at radius 2 is 2.15 bits per heavy atom. The Hall–Kier alpha value is -2.55. The van der Waals surface area contributed by atoms with Crippen LogP contribution in [0.1, 0.15) is 18.4 Å². The van der Waals surface area contributed by atoms with E-state index in [1.807, 2.05) is 6.07 Å². The summed E-state index contributed by atoms with van der Waals surface area (Å²) in [5, 5.41) is 11.4. The number of nitriles is 1. The molecule has 0 bridgehead atoms. The molecule has 104 valence electrons. The van der Waals surface area contributed by atoms with Crippen LogP contribution in [0.2, 0.25) is 0 Å². The van der Waals surface area contributed by atoms with E-state index < -0.39 is 0 Å². The van der Waals surface area contributed by atoms with Crippen LogP contribution in [0.15, 0.2) is 24.3 Å². The third-order valence-corrected chi connectivity index (χ3v) is 2.97. The van der Waals surface area contributed by atoms with Gasteiger partial charge < -0.3 is 15.0 Å². The maximum atomic E-state index is 11.7. The van der Waals surface area contributed by atoms with Crippen molar-refractivity contribution in [1.29, 1.82) is 5.26 Å². The summed E-state index contributed by atoms with van der Waals surface area (Å²) < 4.78 is 4.80. The molecule has 0 aliphatic carbocycles. The molecule has 1 aliphatic heterocycles. The highest BCUT2D eigenvalue weighted by Gasteiger charge is 2.21. The van der Waals surface area contributed by atoms with E-state index in [1.54, 1.807) is 29.2 Å². The average molecular weight is 273 g/mol. The van der Waals surface area contributed by atoms with Gasteiger partial charge in [-0.25, -0.2) is 4.79 Å². The highest BCUT2D eigenvalue weighted by molar-refractivity contribution is 5.90. The first-order valence-electron chi connectivity index (χ1n) is 6.41. The van der Waals surface area contributed by atoms with E-state index in [9.17, 15) is 9.59 Å². The van der Waals surface area contributed by atoms with Gasteiger partial charge in [-0.3, -0.25) is 4.79 Å². The van der Waals surface area contributed by atoms with Gasteiger partial charge in [0.1, 0.15) is 6.61 Å². The molecular weight excluding hydrogens is 258 g/mol. The van der Waals surface area contributed by atoms with E-state index in [0.717, 1.165) is 0 Å². The van der Waals surface area contributed by atoms with Gasteiger partial charge in [-0.1, -0.05) is 0 Å². The standard InChI is InChI=1S/C14H15N3O3/c15-10-11-3-5-12(6-4-11)16-13(18)2-1-7-17-8-9-20-14(17)19/h3-6H,1-2,7-9H2,(H,16,18). The van der Waals surface area contributed by atoms with Crippen molar-refractivity contribution in [2.45, 2.75) is 12.8 Å². The number of hydrogen-bond acceptors (Lipinski definition) is 4. The molecule has 1 saturated heterocycles. The fourth-order valence-corrected chi connectivity index (χ4v) is 1.91. The molecule has 2 rings (SSSR count). The molecule has 1 aliphatic rings. The normalized spacial score (nSPS) is 13.8. The molecule has 0 atom stereocenters. The topological polar surface area (TPSA) is 82.4 Å². The molecule has 2 amide bonds. The summed E-state index contributed by atoms with van der Waals surface area (Å²) >= 11 is 0. The Balaban J connectivity index is 1.72. The zero-order valence-corrected chi connectivity index (χ0v) is 11.0. The second-order valence-electron chi connectivity index (χ2n) is 4.44. The first-order chi connectivity index (χ1) is 9.69. The molecule has 0 spiro atoms. The van der Waals surface area contributed by atoms with Gasteiger partial charge in [0.15, 0.2) is 0 Å². The molecule has 0 unspecified atom stereocenters. The Bertz CT molecular complexity index is 534. The number of carbonyl (C=O) groups excluding carboxylic acids is 2. The van der Waals surface area contributed by atoms with Crippen molar-refractivity contribution in [2.24, 2.45) is 0 Å². The molecule has 6 heteroatoms. The van der Waals surface area contributed by atoms with Crippen LogP contribution < -0.4 is 5.32 Å². The van der Waals surface area contributed by atoms with E-state index >= 15 is 0 Å². The van der Waals surface area contributed by atoms with Crippen molar-refractivity contribution >= 4 is 17.7 Å². The van der Waals surface area contributed by atoms with Crippen molar-refractivity contribution in [3.63, 3.8) is 0 Å². The number of carbonyl (C=O) groups is 2. The van der Waals surface area contributed by atoms with Gasteiger partial charge in [0, 0.05) is 18.7 Å². The lowest BCUT2D eigenvalue weighted by atomic mass is 10.2. The number of amides is 2. The highest BCUT2D eigenvalue weighted by Crippen LogP contribution is 2.10. The summed E-state index contributed by atoms with van der Waals surface area (Å²) in [4.78, 5) is 24.5. The number of nitrogens with one attached hydrogen (secondary N) is 1. The van der Waals surface area contributed by atoms with Gasteiger partial charge in [0.2, 0.25) is 5.91 Å². The summed E-state index contributed by atoms with van der Waals surface area (Å²) in [6.07, 6.45) is 0.624. The van der Waals surface area contributed by atoms with Crippen molar-refractivity contribution < 1.29 is 14.3 Å². The number of cyclic esters (lactones) is 1. The van der Waals surface area contributed by atoms with Crippen molar-refractivity contribution in [3.05, 3.63) is 29.8 Å². The molecule has 1 aromatic carbocycles. The zero-order valence-electron chi connectivity index (χ0n) is 11.0. The minimum absolute atomic E-state index is 0.109. The van der Waals surface area contributed by atoms with Crippen LogP contribution in [0, 0.1) is 11.3 Å². The van der Waals surface area contributed by atoms with Gasteiger partial charge >= 0.3 is 6.09 Å². The van der Waals surface area contributed by atoms with Crippen molar-refractivity contribution in [2.75, 3.05) is 25.0 Å². The molecule has 20 heavy (non-hydrogen) atoms. The molecule has 1 heterocycles. The van der Waals surface area contributed by atoms with E-state index in [0.29, 0.717) is 43.8 Å². The lowest BCUT2D eigenvalue weighted by Crippen LogP contribution is -2.26. The minimum Gasteiger partial charge on any atom is -0.448 e. The maximum absolute atomic E-state index is 11.7. The number of rotatable bonds is 5. The van der Waals surface area contributed by atoms with Crippen LogP contribution >= 0.6 is 0 Å².